The minimum absolute atomic E-state index is 0.271. The van der Waals surface area contributed by atoms with Crippen molar-refractivity contribution in [3.05, 3.63) is 0 Å². The molecular weight excluding hydrogens is 224 g/mol. The Bertz CT molecular complexity index is 259. The highest BCUT2D eigenvalue weighted by Crippen LogP contribution is 2.27. The van der Waals surface area contributed by atoms with Gasteiger partial charge in [-0.1, -0.05) is 32.1 Å². The second kappa shape index (κ2) is 7.13. The summed E-state index contributed by atoms with van der Waals surface area (Å²) in [7, 11) is 0. The van der Waals surface area contributed by atoms with Crippen molar-refractivity contribution in [3.8, 4) is 0 Å². The summed E-state index contributed by atoms with van der Waals surface area (Å²) in [6, 6.07) is 0.355. The van der Waals surface area contributed by atoms with Crippen LogP contribution in [0.3, 0.4) is 0 Å². The third-order valence-corrected chi connectivity index (χ3v) is 4.76. The van der Waals surface area contributed by atoms with E-state index in [2.05, 4.69) is 5.32 Å². The highest BCUT2D eigenvalue weighted by atomic mass is 16.1. The van der Waals surface area contributed by atoms with Crippen LogP contribution in [0, 0.1) is 11.8 Å². The smallest absolute Gasteiger partial charge is 0.220 e. The summed E-state index contributed by atoms with van der Waals surface area (Å²) in [5.74, 6) is 1.42. The average molecular weight is 252 g/mol. The van der Waals surface area contributed by atoms with E-state index >= 15 is 0 Å². The lowest BCUT2D eigenvalue weighted by Crippen LogP contribution is -2.40. The second-order valence-corrected chi connectivity index (χ2v) is 6.16. The number of carbonyl (C=O) groups excluding carboxylic acids is 1. The molecule has 0 heterocycles. The third kappa shape index (κ3) is 3.98. The molecule has 0 saturated heterocycles. The van der Waals surface area contributed by atoms with E-state index in [-0.39, 0.29) is 5.91 Å². The van der Waals surface area contributed by atoms with Crippen molar-refractivity contribution in [3.63, 3.8) is 0 Å². The Morgan fingerprint density at radius 1 is 1.00 bits per heavy atom. The molecule has 0 bridgehead atoms. The van der Waals surface area contributed by atoms with Crippen LogP contribution in [0.2, 0.25) is 0 Å². The molecule has 3 nitrogen and oxygen atoms in total. The standard InChI is InChI=1S/C15H28N2O/c16-11-13-8-5-9-14(13)17-15(18)10-12-6-3-1-2-4-7-12/h12-14H,1-11,16H2,(H,17,18). The molecule has 0 aliphatic heterocycles. The first-order valence-electron chi connectivity index (χ1n) is 7.79. The fourth-order valence-corrected chi connectivity index (χ4v) is 3.60. The Balaban J connectivity index is 1.73. The van der Waals surface area contributed by atoms with Gasteiger partial charge in [-0.15, -0.1) is 0 Å². The van der Waals surface area contributed by atoms with E-state index in [4.69, 9.17) is 5.73 Å². The van der Waals surface area contributed by atoms with Gasteiger partial charge >= 0.3 is 0 Å². The fourth-order valence-electron chi connectivity index (χ4n) is 3.60. The molecule has 104 valence electrons. The Morgan fingerprint density at radius 2 is 1.72 bits per heavy atom. The molecule has 2 unspecified atom stereocenters. The molecule has 3 heteroatoms. The number of nitrogens with one attached hydrogen (secondary N) is 1. The summed E-state index contributed by atoms with van der Waals surface area (Å²) in [6.45, 7) is 0.717. The van der Waals surface area contributed by atoms with E-state index in [9.17, 15) is 4.79 Å². The van der Waals surface area contributed by atoms with Crippen molar-refractivity contribution in [1.29, 1.82) is 0 Å². The largest absolute Gasteiger partial charge is 0.353 e. The van der Waals surface area contributed by atoms with Crippen molar-refractivity contribution in [2.75, 3.05) is 6.54 Å². The van der Waals surface area contributed by atoms with Gasteiger partial charge in [-0.05, 0) is 44.1 Å². The summed E-state index contributed by atoms with van der Waals surface area (Å²) < 4.78 is 0. The van der Waals surface area contributed by atoms with Crippen molar-refractivity contribution < 1.29 is 4.79 Å². The minimum Gasteiger partial charge on any atom is -0.353 e. The molecular formula is C15H28N2O. The summed E-state index contributed by atoms with van der Waals surface area (Å²) in [5, 5.41) is 3.23. The normalized spacial score (nSPS) is 30.1. The Kier molecular flexibility index (Phi) is 5.48. The molecule has 0 aromatic rings. The van der Waals surface area contributed by atoms with Gasteiger partial charge in [0.2, 0.25) is 5.91 Å². The molecule has 0 radical (unpaired) electrons. The molecule has 2 aliphatic carbocycles. The zero-order valence-corrected chi connectivity index (χ0v) is 11.5. The number of nitrogens with two attached hydrogens (primary N) is 1. The molecule has 2 saturated carbocycles. The lowest BCUT2D eigenvalue weighted by Gasteiger charge is -2.21. The van der Waals surface area contributed by atoms with E-state index in [1.54, 1.807) is 0 Å². The SMILES string of the molecule is NCC1CCCC1NC(=O)CC1CCCCCC1. The average Bonchev–Trinajstić information content (AvgIpc) is 2.64. The van der Waals surface area contributed by atoms with Crippen LogP contribution in [0.5, 0.6) is 0 Å². The van der Waals surface area contributed by atoms with Crippen LogP contribution in [0.15, 0.2) is 0 Å². The Labute approximate surface area is 111 Å². The van der Waals surface area contributed by atoms with Crippen LogP contribution in [0.25, 0.3) is 0 Å². The molecule has 0 aromatic heterocycles. The van der Waals surface area contributed by atoms with Crippen LogP contribution < -0.4 is 11.1 Å². The van der Waals surface area contributed by atoms with Crippen LogP contribution in [-0.2, 0) is 4.79 Å². The fraction of sp³-hybridized carbons (Fsp3) is 0.933. The molecule has 18 heavy (non-hydrogen) atoms. The summed E-state index contributed by atoms with van der Waals surface area (Å²) in [5.41, 5.74) is 5.75. The maximum Gasteiger partial charge on any atom is 0.220 e. The van der Waals surface area contributed by atoms with E-state index in [1.807, 2.05) is 0 Å². The number of rotatable bonds is 4. The number of amides is 1. The quantitative estimate of drug-likeness (QED) is 0.756. The van der Waals surface area contributed by atoms with Gasteiger partial charge in [0.25, 0.3) is 0 Å². The zero-order chi connectivity index (χ0) is 12.8. The molecule has 1 amide bonds. The van der Waals surface area contributed by atoms with Gasteiger partial charge in [0.05, 0.1) is 0 Å². The van der Waals surface area contributed by atoms with E-state index in [0.717, 1.165) is 12.8 Å². The summed E-state index contributed by atoms with van der Waals surface area (Å²) in [6.07, 6.45) is 12.1. The number of hydrogen-bond acceptors (Lipinski definition) is 2. The highest BCUT2D eigenvalue weighted by Gasteiger charge is 2.27. The Morgan fingerprint density at radius 3 is 2.39 bits per heavy atom. The first-order chi connectivity index (χ1) is 8.79. The maximum absolute atomic E-state index is 12.1. The lowest BCUT2D eigenvalue weighted by molar-refractivity contribution is -0.123. The maximum atomic E-state index is 12.1. The monoisotopic (exact) mass is 252 g/mol. The van der Waals surface area contributed by atoms with Crippen molar-refractivity contribution in [2.45, 2.75) is 70.3 Å². The second-order valence-electron chi connectivity index (χ2n) is 6.16. The number of carbonyl (C=O) groups is 1. The molecule has 2 atom stereocenters. The predicted molar refractivity (Wildman–Crippen MR) is 74.1 cm³/mol. The van der Waals surface area contributed by atoms with E-state index < -0.39 is 0 Å². The molecule has 2 rings (SSSR count). The minimum atomic E-state index is 0.271. The topological polar surface area (TPSA) is 55.1 Å². The predicted octanol–water partition coefficient (Wildman–Crippen LogP) is 2.59. The van der Waals surface area contributed by atoms with E-state index in [1.165, 1.54) is 51.4 Å². The van der Waals surface area contributed by atoms with Gasteiger partial charge in [0.1, 0.15) is 0 Å². The van der Waals surface area contributed by atoms with Gasteiger partial charge in [-0.2, -0.15) is 0 Å². The first kappa shape index (κ1) is 13.9. The van der Waals surface area contributed by atoms with Gasteiger partial charge in [-0.3, -0.25) is 4.79 Å². The van der Waals surface area contributed by atoms with E-state index in [0.29, 0.717) is 24.4 Å². The third-order valence-electron chi connectivity index (χ3n) is 4.76. The van der Waals surface area contributed by atoms with Crippen LogP contribution in [0.4, 0.5) is 0 Å². The first-order valence-corrected chi connectivity index (χ1v) is 7.79. The zero-order valence-electron chi connectivity index (χ0n) is 11.5. The summed E-state index contributed by atoms with van der Waals surface area (Å²) >= 11 is 0. The molecule has 0 aromatic carbocycles. The van der Waals surface area contributed by atoms with Crippen LogP contribution in [0.1, 0.15) is 64.2 Å². The molecule has 2 fully saturated rings. The van der Waals surface area contributed by atoms with Gasteiger partial charge < -0.3 is 11.1 Å². The van der Waals surface area contributed by atoms with Crippen molar-refractivity contribution in [2.24, 2.45) is 17.6 Å². The van der Waals surface area contributed by atoms with Gasteiger partial charge in [0.15, 0.2) is 0 Å². The molecule has 2 aliphatic rings. The Hall–Kier alpha value is -0.570. The van der Waals surface area contributed by atoms with Crippen molar-refractivity contribution >= 4 is 5.91 Å². The van der Waals surface area contributed by atoms with Crippen LogP contribution in [-0.4, -0.2) is 18.5 Å². The number of hydrogen-bond donors (Lipinski definition) is 2. The molecule has 3 N–H and O–H groups in total. The van der Waals surface area contributed by atoms with Gasteiger partial charge in [0, 0.05) is 12.5 Å². The molecule has 0 spiro atoms. The van der Waals surface area contributed by atoms with Crippen molar-refractivity contribution in [1.82, 2.24) is 5.32 Å². The lowest BCUT2D eigenvalue weighted by atomic mass is 9.95. The van der Waals surface area contributed by atoms with Gasteiger partial charge in [-0.25, -0.2) is 0 Å². The summed E-state index contributed by atoms with van der Waals surface area (Å²) in [4.78, 5) is 12.1. The highest BCUT2D eigenvalue weighted by molar-refractivity contribution is 5.76. The van der Waals surface area contributed by atoms with Crippen LogP contribution >= 0.6 is 0 Å².